The molecule has 1 aromatic heterocycles. The van der Waals surface area contributed by atoms with Crippen LogP contribution in [-0.2, 0) is 11.2 Å². The molecular formula is C13H20N2O2. The average molecular weight is 236 g/mol. The first-order chi connectivity index (χ1) is 7.91. The van der Waals surface area contributed by atoms with E-state index in [-0.39, 0.29) is 23.9 Å². The fourth-order valence-electron chi connectivity index (χ4n) is 2.57. The molecule has 0 fully saturated rings. The Morgan fingerprint density at radius 1 is 1.65 bits per heavy atom. The zero-order chi connectivity index (χ0) is 12.6. The van der Waals surface area contributed by atoms with Crippen LogP contribution >= 0.6 is 0 Å². The molecule has 1 atom stereocenters. The first kappa shape index (κ1) is 12.2. The van der Waals surface area contributed by atoms with Crippen molar-refractivity contribution in [3.05, 3.63) is 23.2 Å². The van der Waals surface area contributed by atoms with Crippen molar-refractivity contribution in [1.82, 2.24) is 5.32 Å². The maximum atomic E-state index is 11.4. The predicted octanol–water partition coefficient (Wildman–Crippen LogP) is 1.68. The van der Waals surface area contributed by atoms with E-state index in [9.17, 15) is 4.79 Å². The van der Waals surface area contributed by atoms with Crippen LogP contribution in [0.25, 0.3) is 0 Å². The highest BCUT2D eigenvalue weighted by Gasteiger charge is 2.35. The van der Waals surface area contributed by atoms with Gasteiger partial charge in [0, 0.05) is 12.0 Å². The lowest BCUT2D eigenvalue weighted by atomic mass is 9.74. The average Bonchev–Trinajstić information content (AvgIpc) is 2.56. The van der Waals surface area contributed by atoms with E-state index in [1.165, 1.54) is 0 Å². The fourth-order valence-corrected chi connectivity index (χ4v) is 2.57. The van der Waals surface area contributed by atoms with Gasteiger partial charge in [0.15, 0.2) is 0 Å². The third-order valence-corrected chi connectivity index (χ3v) is 3.26. The van der Waals surface area contributed by atoms with Gasteiger partial charge in [-0.15, -0.1) is 0 Å². The monoisotopic (exact) mass is 236 g/mol. The van der Waals surface area contributed by atoms with Crippen LogP contribution < -0.4 is 11.1 Å². The molecule has 17 heavy (non-hydrogen) atoms. The Morgan fingerprint density at radius 2 is 2.35 bits per heavy atom. The third kappa shape index (κ3) is 2.52. The largest absolute Gasteiger partial charge is 0.466 e. The van der Waals surface area contributed by atoms with Gasteiger partial charge < -0.3 is 15.5 Å². The summed E-state index contributed by atoms with van der Waals surface area (Å²) in [7, 11) is 0. The Balaban J connectivity index is 2.29. The lowest BCUT2D eigenvalue weighted by Gasteiger charge is -2.34. The molecule has 4 nitrogen and oxygen atoms in total. The second-order valence-electron chi connectivity index (χ2n) is 5.60. The van der Waals surface area contributed by atoms with E-state index in [1.807, 2.05) is 13.0 Å². The highest BCUT2D eigenvalue weighted by atomic mass is 16.3. The second kappa shape index (κ2) is 4.18. The summed E-state index contributed by atoms with van der Waals surface area (Å²) < 4.78 is 5.70. The van der Waals surface area contributed by atoms with Crippen molar-refractivity contribution in [3.63, 3.8) is 0 Å². The number of carbonyl (C=O) groups is 1. The van der Waals surface area contributed by atoms with Crippen LogP contribution in [0.15, 0.2) is 10.5 Å². The Bertz CT molecular complexity index is 435. The van der Waals surface area contributed by atoms with Crippen LogP contribution in [-0.4, -0.2) is 12.5 Å². The minimum atomic E-state index is -0.113. The van der Waals surface area contributed by atoms with Gasteiger partial charge in [-0.05, 0) is 24.8 Å². The van der Waals surface area contributed by atoms with Crippen molar-refractivity contribution in [2.45, 2.75) is 39.7 Å². The molecule has 0 saturated carbocycles. The van der Waals surface area contributed by atoms with Crippen molar-refractivity contribution in [3.8, 4) is 0 Å². The molecule has 1 aliphatic carbocycles. The number of furan rings is 1. The summed E-state index contributed by atoms with van der Waals surface area (Å²) in [6.07, 6.45) is 1.84. The number of rotatable bonds is 2. The van der Waals surface area contributed by atoms with Gasteiger partial charge in [0.25, 0.3) is 0 Å². The van der Waals surface area contributed by atoms with Gasteiger partial charge in [-0.2, -0.15) is 0 Å². The van der Waals surface area contributed by atoms with Crippen molar-refractivity contribution in [1.29, 1.82) is 0 Å². The molecule has 94 valence electrons. The normalized spacial score (nSPS) is 22.0. The Hall–Kier alpha value is -1.29. The highest BCUT2D eigenvalue weighted by molar-refractivity contribution is 5.78. The molecule has 0 radical (unpaired) electrons. The summed E-state index contributed by atoms with van der Waals surface area (Å²) >= 11 is 0. The topological polar surface area (TPSA) is 68.3 Å². The Morgan fingerprint density at radius 3 is 3.00 bits per heavy atom. The predicted molar refractivity (Wildman–Crippen MR) is 65.5 cm³/mol. The van der Waals surface area contributed by atoms with Crippen LogP contribution in [0.4, 0.5) is 0 Å². The molecule has 0 bridgehead atoms. The summed E-state index contributed by atoms with van der Waals surface area (Å²) in [6.45, 7) is 6.35. The van der Waals surface area contributed by atoms with Gasteiger partial charge in [0.05, 0.1) is 12.6 Å². The summed E-state index contributed by atoms with van der Waals surface area (Å²) in [5.41, 5.74) is 6.60. The van der Waals surface area contributed by atoms with Crippen LogP contribution in [0.2, 0.25) is 0 Å². The zero-order valence-electron chi connectivity index (χ0n) is 10.7. The quantitative estimate of drug-likeness (QED) is 0.820. The van der Waals surface area contributed by atoms with Gasteiger partial charge in [-0.25, -0.2) is 0 Å². The maximum Gasteiger partial charge on any atom is 0.234 e. The van der Waals surface area contributed by atoms with Crippen LogP contribution in [0.1, 0.15) is 43.4 Å². The molecule has 2 rings (SSSR count). The van der Waals surface area contributed by atoms with Gasteiger partial charge in [0.1, 0.15) is 11.5 Å². The number of hydrogen-bond acceptors (Lipinski definition) is 3. The van der Waals surface area contributed by atoms with E-state index < -0.39 is 0 Å². The van der Waals surface area contributed by atoms with E-state index in [2.05, 4.69) is 19.2 Å². The van der Waals surface area contributed by atoms with Crippen LogP contribution in [0.5, 0.6) is 0 Å². The summed E-state index contributed by atoms with van der Waals surface area (Å²) in [6, 6.07) is 2.05. The minimum Gasteiger partial charge on any atom is -0.466 e. The summed E-state index contributed by atoms with van der Waals surface area (Å²) in [5.74, 6) is 1.79. The first-order valence-electron chi connectivity index (χ1n) is 6.00. The Labute approximate surface area is 102 Å². The molecule has 1 aliphatic rings. The fraction of sp³-hybridized carbons (Fsp3) is 0.615. The smallest absolute Gasteiger partial charge is 0.234 e. The van der Waals surface area contributed by atoms with Gasteiger partial charge in [-0.3, -0.25) is 4.79 Å². The van der Waals surface area contributed by atoms with Crippen molar-refractivity contribution >= 4 is 5.91 Å². The summed E-state index contributed by atoms with van der Waals surface area (Å²) in [5, 5.41) is 2.97. The Kier molecular flexibility index (Phi) is 3.00. The standard InChI is InChI=1S/C13H20N2O2/c1-8-4-9-10(15-12(16)7-14)5-13(2,3)6-11(9)17-8/h4,10H,5-7,14H2,1-3H3,(H,15,16). The summed E-state index contributed by atoms with van der Waals surface area (Å²) in [4.78, 5) is 11.4. The number of fused-ring (bicyclic) bond motifs is 1. The first-order valence-corrected chi connectivity index (χ1v) is 6.00. The van der Waals surface area contributed by atoms with Gasteiger partial charge in [0.2, 0.25) is 5.91 Å². The number of nitrogens with one attached hydrogen (secondary N) is 1. The van der Waals surface area contributed by atoms with Crippen molar-refractivity contribution in [2.24, 2.45) is 11.1 Å². The molecule has 0 aliphatic heterocycles. The molecule has 1 heterocycles. The van der Waals surface area contributed by atoms with Crippen LogP contribution in [0, 0.1) is 12.3 Å². The number of hydrogen-bond donors (Lipinski definition) is 2. The molecule has 1 unspecified atom stereocenters. The molecule has 0 saturated heterocycles. The number of carbonyl (C=O) groups excluding carboxylic acids is 1. The van der Waals surface area contributed by atoms with Crippen LogP contribution in [0.3, 0.4) is 0 Å². The lowest BCUT2D eigenvalue weighted by Crippen LogP contribution is -2.38. The number of nitrogens with two attached hydrogens (primary N) is 1. The van der Waals surface area contributed by atoms with Gasteiger partial charge >= 0.3 is 0 Å². The highest BCUT2D eigenvalue weighted by Crippen LogP contribution is 2.41. The third-order valence-electron chi connectivity index (χ3n) is 3.26. The van der Waals surface area contributed by atoms with E-state index >= 15 is 0 Å². The molecule has 0 spiro atoms. The molecule has 0 aromatic carbocycles. The molecule has 1 aromatic rings. The number of amides is 1. The van der Waals surface area contributed by atoms with Crippen molar-refractivity contribution < 1.29 is 9.21 Å². The van der Waals surface area contributed by atoms with E-state index in [4.69, 9.17) is 10.2 Å². The number of aryl methyl sites for hydroxylation is 1. The lowest BCUT2D eigenvalue weighted by molar-refractivity contribution is -0.120. The molecule has 3 N–H and O–H groups in total. The van der Waals surface area contributed by atoms with Gasteiger partial charge in [-0.1, -0.05) is 13.8 Å². The molecule has 4 heteroatoms. The molecule has 1 amide bonds. The zero-order valence-corrected chi connectivity index (χ0v) is 10.7. The van der Waals surface area contributed by atoms with E-state index in [0.29, 0.717) is 0 Å². The van der Waals surface area contributed by atoms with E-state index in [0.717, 1.165) is 29.9 Å². The molecular weight excluding hydrogens is 216 g/mol. The van der Waals surface area contributed by atoms with Crippen molar-refractivity contribution in [2.75, 3.05) is 6.54 Å². The SMILES string of the molecule is Cc1cc2c(o1)CC(C)(C)CC2NC(=O)CN. The maximum absolute atomic E-state index is 11.4. The second-order valence-corrected chi connectivity index (χ2v) is 5.60. The van der Waals surface area contributed by atoms with E-state index in [1.54, 1.807) is 0 Å². The minimum absolute atomic E-state index is 0.0299.